The van der Waals surface area contributed by atoms with Gasteiger partial charge in [0.15, 0.2) is 0 Å². The number of fused-ring (bicyclic) bond motifs is 3. The first-order valence-corrected chi connectivity index (χ1v) is 16.5. The topological polar surface area (TPSA) is 44.6 Å². The van der Waals surface area contributed by atoms with Crippen molar-refractivity contribution in [2.45, 2.75) is 102 Å². The molecule has 2 unspecified atom stereocenters. The standard InChI is InChI=1S/C36H51N5O/c1-6-26(2)34(38(4)5)35(42)39-21-18-36(19-22-39,28-12-8-7-9-13-28)20-23-40-29-16-17-30(40)25-31(24-29)41-27(3)37-32-14-10-11-15-33(32)41/h7-15,26,29-31,34H,6,16-25H2,1-5H3/t26-,29+,30?,31?,34-/m0/s1. The Kier molecular flexibility index (Phi) is 8.48. The van der Waals surface area contributed by atoms with Gasteiger partial charge in [0.2, 0.25) is 5.91 Å². The second kappa shape index (κ2) is 12.1. The zero-order valence-corrected chi connectivity index (χ0v) is 26.5. The van der Waals surface area contributed by atoms with Gasteiger partial charge in [-0.3, -0.25) is 14.6 Å². The smallest absolute Gasteiger partial charge is 0.240 e. The number of likely N-dealkylation sites (tertiary alicyclic amines) is 1. The molecule has 3 aromatic rings. The molecule has 0 radical (unpaired) electrons. The second-order valence-electron chi connectivity index (χ2n) is 13.8. The number of amides is 1. The number of likely N-dealkylation sites (N-methyl/N-ethyl adjacent to an activating group) is 1. The molecule has 42 heavy (non-hydrogen) atoms. The average Bonchev–Trinajstić information content (AvgIpc) is 3.46. The molecule has 0 N–H and O–H groups in total. The highest BCUT2D eigenvalue weighted by Crippen LogP contribution is 2.45. The molecule has 2 aromatic carbocycles. The van der Waals surface area contributed by atoms with Gasteiger partial charge in [0.05, 0.1) is 17.1 Å². The molecular formula is C36H51N5O. The molecule has 0 saturated carbocycles. The van der Waals surface area contributed by atoms with E-state index in [-0.39, 0.29) is 11.5 Å². The van der Waals surface area contributed by atoms with Crippen molar-refractivity contribution in [3.05, 3.63) is 66.0 Å². The maximum atomic E-state index is 13.7. The molecule has 3 aliphatic rings. The number of benzene rings is 2. The fourth-order valence-electron chi connectivity index (χ4n) is 8.80. The Morgan fingerprint density at radius 2 is 1.62 bits per heavy atom. The van der Waals surface area contributed by atoms with Crippen molar-refractivity contribution in [2.24, 2.45) is 5.92 Å². The van der Waals surface area contributed by atoms with E-state index in [1.807, 2.05) is 0 Å². The van der Waals surface area contributed by atoms with Crippen LogP contribution in [0.2, 0.25) is 0 Å². The summed E-state index contributed by atoms with van der Waals surface area (Å²) < 4.78 is 2.54. The van der Waals surface area contributed by atoms with Crippen LogP contribution in [-0.4, -0.2) is 82.0 Å². The van der Waals surface area contributed by atoms with Crippen LogP contribution in [0.15, 0.2) is 54.6 Å². The Hall–Kier alpha value is -2.70. The van der Waals surface area contributed by atoms with Crippen LogP contribution < -0.4 is 0 Å². The minimum atomic E-state index is -0.0348. The van der Waals surface area contributed by atoms with Crippen molar-refractivity contribution in [1.82, 2.24) is 24.3 Å². The number of carbonyl (C=O) groups excluding carboxylic acids is 1. The molecule has 6 nitrogen and oxygen atoms in total. The summed E-state index contributed by atoms with van der Waals surface area (Å²) in [6, 6.07) is 21.7. The molecule has 2 bridgehead atoms. The van der Waals surface area contributed by atoms with Crippen LogP contribution in [0.5, 0.6) is 0 Å². The third-order valence-corrected chi connectivity index (χ3v) is 11.3. The Labute approximate surface area is 253 Å². The largest absolute Gasteiger partial charge is 0.341 e. The molecule has 6 heteroatoms. The summed E-state index contributed by atoms with van der Waals surface area (Å²) in [6.07, 6.45) is 9.37. The van der Waals surface area contributed by atoms with Gasteiger partial charge in [0.25, 0.3) is 0 Å². The van der Waals surface area contributed by atoms with Crippen LogP contribution in [-0.2, 0) is 10.2 Å². The van der Waals surface area contributed by atoms with E-state index < -0.39 is 0 Å². The van der Waals surface area contributed by atoms with Crippen LogP contribution in [0.3, 0.4) is 0 Å². The lowest BCUT2D eigenvalue weighted by atomic mass is 9.70. The SMILES string of the molecule is CC[C@H](C)[C@@H](C(=O)N1CCC(CCN2C3CC[C@@H]2CC(n2c(C)nc4ccccc42)C3)(c2ccccc2)CC1)N(C)C. The van der Waals surface area contributed by atoms with E-state index in [1.165, 1.54) is 43.2 Å². The van der Waals surface area contributed by atoms with Crippen molar-refractivity contribution >= 4 is 16.9 Å². The molecule has 0 aliphatic carbocycles. The molecule has 1 amide bonds. The van der Waals surface area contributed by atoms with Gasteiger partial charge in [-0.15, -0.1) is 0 Å². The van der Waals surface area contributed by atoms with Crippen LogP contribution in [0.4, 0.5) is 0 Å². The van der Waals surface area contributed by atoms with Crippen LogP contribution in [0.1, 0.15) is 82.6 Å². The number of aryl methyl sites for hydroxylation is 1. The summed E-state index contributed by atoms with van der Waals surface area (Å²) in [5, 5.41) is 0. The monoisotopic (exact) mass is 569 g/mol. The lowest BCUT2D eigenvalue weighted by Crippen LogP contribution is -2.54. The fraction of sp³-hybridized carbons (Fsp3) is 0.611. The number of imidazole rings is 1. The second-order valence-corrected chi connectivity index (χ2v) is 13.8. The molecule has 3 saturated heterocycles. The molecule has 6 rings (SSSR count). The Morgan fingerprint density at radius 3 is 2.26 bits per heavy atom. The number of rotatable bonds is 9. The number of piperidine rings is 2. The van der Waals surface area contributed by atoms with E-state index in [0.717, 1.165) is 50.2 Å². The molecule has 4 heterocycles. The van der Waals surface area contributed by atoms with Gasteiger partial charge in [-0.1, -0.05) is 62.7 Å². The first kappa shape index (κ1) is 29.4. The van der Waals surface area contributed by atoms with E-state index >= 15 is 0 Å². The Balaban J connectivity index is 1.16. The van der Waals surface area contributed by atoms with Gasteiger partial charge in [-0.2, -0.15) is 0 Å². The maximum absolute atomic E-state index is 13.7. The summed E-state index contributed by atoms with van der Waals surface area (Å²) in [6.45, 7) is 9.46. The molecule has 5 atom stereocenters. The van der Waals surface area contributed by atoms with Crippen molar-refractivity contribution < 1.29 is 4.79 Å². The first-order chi connectivity index (χ1) is 20.3. The maximum Gasteiger partial charge on any atom is 0.240 e. The lowest BCUT2D eigenvalue weighted by molar-refractivity contribution is -0.139. The van der Waals surface area contributed by atoms with Crippen molar-refractivity contribution in [2.75, 3.05) is 33.7 Å². The molecule has 3 fully saturated rings. The third kappa shape index (κ3) is 5.41. The number of hydrogen-bond donors (Lipinski definition) is 0. The Morgan fingerprint density at radius 1 is 0.976 bits per heavy atom. The van der Waals surface area contributed by atoms with E-state index in [2.05, 4.69) is 109 Å². The molecule has 226 valence electrons. The molecular weight excluding hydrogens is 518 g/mol. The zero-order valence-electron chi connectivity index (χ0n) is 26.5. The van der Waals surface area contributed by atoms with E-state index in [4.69, 9.17) is 4.98 Å². The summed E-state index contributed by atoms with van der Waals surface area (Å²) in [5.74, 6) is 1.83. The van der Waals surface area contributed by atoms with Crippen LogP contribution in [0, 0.1) is 12.8 Å². The van der Waals surface area contributed by atoms with Gasteiger partial charge < -0.3 is 9.47 Å². The van der Waals surface area contributed by atoms with Gasteiger partial charge in [0.1, 0.15) is 5.82 Å². The first-order valence-electron chi connectivity index (χ1n) is 16.5. The fourth-order valence-corrected chi connectivity index (χ4v) is 8.80. The van der Waals surface area contributed by atoms with Crippen molar-refractivity contribution in [1.29, 1.82) is 0 Å². The highest BCUT2D eigenvalue weighted by molar-refractivity contribution is 5.82. The lowest BCUT2D eigenvalue weighted by Gasteiger charge is -2.46. The highest BCUT2D eigenvalue weighted by atomic mass is 16.2. The van der Waals surface area contributed by atoms with Crippen LogP contribution in [0.25, 0.3) is 11.0 Å². The zero-order chi connectivity index (χ0) is 29.4. The number of hydrogen-bond acceptors (Lipinski definition) is 4. The van der Waals surface area contributed by atoms with E-state index in [1.54, 1.807) is 0 Å². The van der Waals surface area contributed by atoms with Gasteiger partial charge in [-0.25, -0.2) is 4.98 Å². The third-order valence-electron chi connectivity index (χ3n) is 11.3. The number of aromatic nitrogens is 2. The number of carbonyl (C=O) groups is 1. The number of nitrogens with zero attached hydrogens (tertiary/aromatic N) is 5. The summed E-state index contributed by atoms with van der Waals surface area (Å²) in [4.78, 5) is 25.8. The predicted molar refractivity (Wildman–Crippen MR) is 172 cm³/mol. The quantitative estimate of drug-likeness (QED) is 0.298. The minimum absolute atomic E-state index is 0.0348. The van der Waals surface area contributed by atoms with Crippen molar-refractivity contribution in [3.8, 4) is 0 Å². The molecule has 0 spiro atoms. The molecule has 1 aromatic heterocycles. The van der Waals surface area contributed by atoms with E-state index in [0.29, 0.717) is 30.0 Å². The Bertz CT molecular complexity index is 1340. The highest BCUT2D eigenvalue weighted by Gasteiger charge is 2.44. The number of para-hydroxylation sites is 2. The summed E-state index contributed by atoms with van der Waals surface area (Å²) in [7, 11) is 4.11. The average molecular weight is 570 g/mol. The van der Waals surface area contributed by atoms with Gasteiger partial charge in [0, 0.05) is 31.2 Å². The van der Waals surface area contributed by atoms with Gasteiger partial charge >= 0.3 is 0 Å². The predicted octanol–water partition coefficient (Wildman–Crippen LogP) is 6.44. The van der Waals surface area contributed by atoms with E-state index in [9.17, 15) is 4.79 Å². The normalized spacial score (nSPS) is 25.7. The summed E-state index contributed by atoms with van der Waals surface area (Å²) >= 11 is 0. The molecule has 3 aliphatic heterocycles. The summed E-state index contributed by atoms with van der Waals surface area (Å²) in [5.41, 5.74) is 4.02. The van der Waals surface area contributed by atoms with Crippen LogP contribution >= 0.6 is 0 Å². The van der Waals surface area contributed by atoms with Gasteiger partial charge in [-0.05, 0) is 102 Å². The minimum Gasteiger partial charge on any atom is -0.341 e. The van der Waals surface area contributed by atoms with Crippen molar-refractivity contribution in [3.63, 3.8) is 0 Å².